The second-order valence-electron chi connectivity index (χ2n) is 3.82. The molecule has 110 valence electrons. The van der Waals surface area contributed by atoms with Crippen molar-refractivity contribution in [2.75, 3.05) is 0 Å². The van der Waals surface area contributed by atoms with E-state index in [2.05, 4.69) is 26.5 Å². The summed E-state index contributed by atoms with van der Waals surface area (Å²) in [6, 6.07) is 8.88. The zero-order chi connectivity index (χ0) is 15.5. The Bertz CT molecular complexity index is 786. The van der Waals surface area contributed by atoms with Gasteiger partial charge in [-0.1, -0.05) is 15.9 Å². The molecule has 2 aromatic rings. The van der Waals surface area contributed by atoms with Crippen molar-refractivity contribution in [1.29, 1.82) is 0 Å². The molecule has 10 heteroatoms. The van der Waals surface area contributed by atoms with Crippen LogP contribution >= 0.6 is 15.9 Å². The number of nitrogens with zero attached hydrogens (tertiary/aromatic N) is 1. The minimum absolute atomic E-state index is 0. The Kier molecular flexibility index (Phi) is 6.98. The van der Waals surface area contributed by atoms with Crippen LogP contribution in [-0.4, -0.2) is 25.1 Å². The monoisotopic (exact) mass is 394 g/mol. The Hall–Kier alpha value is -0.970. The molecule has 0 fully saturated rings. The van der Waals surface area contributed by atoms with Crippen molar-refractivity contribution in [3.63, 3.8) is 0 Å². The van der Waals surface area contributed by atoms with Gasteiger partial charge in [0.2, 0.25) is 5.09 Å². The fourth-order valence-electron chi connectivity index (χ4n) is 1.36. The number of benzene rings is 1. The van der Waals surface area contributed by atoms with Crippen molar-refractivity contribution in [3.05, 3.63) is 52.2 Å². The summed E-state index contributed by atoms with van der Waals surface area (Å²) in [5.41, 5.74) is 2.64. The van der Waals surface area contributed by atoms with Crippen LogP contribution in [0.3, 0.4) is 0 Å². The molecule has 0 saturated carbocycles. The fourth-order valence-corrected chi connectivity index (χ4v) is 2.06. The summed E-state index contributed by atoms with van der Waals surface area (Å²) >= 11 is 3.25. The Morgan fingerprint density at radius 3 is 2.41 bits per heavy atom. The summed E-state index contributed by atoms with van der Waals surface area (Å²) in [6.07, 6.45) is 1.09. The van der Waals surface area contributed by atoms with Crippen molar-refractivity contribution in [2.24, 2.45) is 5.10 Å². The molecular weight excluding hydrogens is 387 g/mol. The van der Waals surface area contributed by atoms with Gasteiger partial charge in [-0.15, -0.1) is 0 Å². The summed E-state index contributed by atoms with van der Waals surface area (Å²) in [5.74, 6) is -0.414. The van der Waals surface area contributed by atoms with Gasteiger partial charge in [-0.3, -0.25) is 4.79 Å². The van der Waals surface area contributed by atoms with Gasteiger partial charge in [0.25, 0.3) is 5.91 Å². The van der Waals surface area contributed by atoms with Crippen molar-refractivity contribution >= 4 is 38.2 Å². The van der Waals surface area contributed by atoms with E-state index in [-0.39, 0.29) is 35.3 Å². The SMILES string of the molecule is O=C(NN=Cc1ccc(S(=O)(=O)[O-])o1)c1ccc(Br)cc1.[Na+]. The van der Waals surface area contributed by atoms with E-state index in [9.17, 15) is 17.8 Å². The smallest absolute Gasteiger partial charge is 0.742 e. The van der Waals surface area contributed by atoms with E-state index in [1.807, 2.05) is 0 Å². The van der Waals surface area contributed by atoms with Crippen molar-refractivity contribution in [1.82, 2.24) is 5.43 Å². The Balaban J connectivity index is 0.00000242. The standard InChI is InChI=1S/C12H9BrN2O5S.Na/c13-9-3-1-8(2-4-9)12(16)15-14-7-10-5-6-11(20-10)21(17,18)19;/h1-7H,(H,15,16)(H,17,18,19);/q;+1/p-1. The molecule has 0 unspecified atom stereocenters. The molecule has 0 saturated heterocycles. The minimum atomic E-state index is -4.64. The van der Waals surface area contributed by atoms with Crippen molar-refractivity contribution in [2.45, 2.75) is 5.09 Å². The third-order valence-corrected chi connectivity index (χ3v) is 3.55. The molecule has 0 radical (unpaired) electrons. The van der Waals surface area contributed by atoms with E-state index in [0.29, 0.717) is 5.56 Å². The number of halogens is 1. The molecule has 1 N–H and O–H groups in total. The van der Waals surface area contributed by atoms with Gasteiger partial charge in [-0.25, -0.2) is 13.8 Å². The van der Waals surface area contributed by atoms with Crippen LogP contribution in [0.25, 0.3) is 0 Å². The average Bonchev–Trinajstić information content (AvgIpc) is 2.88. The van der Waals surface area contributed by atoms with Gasteiger partial charge in [0, 0.05) is 10.0 Å². The van der Waals surface area contributed by atoms with Crippen LogP contribution in [0.5, 0.6) is 0 Å². The van der Waals surface area contributed by atoms with E-state index in [4.69, 9.17) is 4.42 Å². The van der Waals surface area contributed by atoms with Crippen LogP contribution in [-0.2, 0) is 10.1 Å². The first kappa shape index (κ1) is 19.1. The summed E-state index contributed by atoms with van der Waals surface area (Å²) in [6.45, 7) is 0. The number of rotatable bonds is 4. The number of carbonyl (C=O) groups excluding carboxylic acids is 1. The van der Waals surface area contributed by atoms with Crippen LogP contribution in [0.4, 0.5) is 0 Å². The third-order valence-electron chi connectivity index (χ3n) is 2.31. The molecule has 2 rings (SSSR count). The van der Waals surface area contributed by atoms with Crippen molar-refractivity contribution < 1.29 is 51.7 Å². The maximum atomic E-state index is 11.7. The molecule has 1 aromatic carbocycles. The molecule has 0 spiro atoms. The number of furan rings is 1. The second-order valence-corrected chi connectivity index (χ2v) is 6.04. The number of amides is 1. The van der Waals surface area contributed by atoms with Crippen LogP contribution in [0.15, 0.2) is 55.5 Å². The number of nitrogens with one attached hydrogen (secondary N) is 1. The summed E-state index contributed by atoms with van der Waals surface area (Å²) in [7, 11) is -4.64. The Morgan fingerprint density at radius 2 is 1.86 bits per heavy atom. The molecule has 1 heterocycles. The molecule has 22 heavy (non-hydrogen) atoms. The van der Waals surface area contributed by atoms with Gasteiger partial charge >= 0.3 is 29.6 Å². The fraction of sp³-hybridized carbons (Fsp3) is 0. The topological polar surface area (TPSA) is 112 Å². The minimum Gasteiger partial charge on any atom is -0.742 e. The molecule has 1 aromatic heterocycles. The quantitative estimate of drug-likeness (QED) is 0.300. The zero-order valence-corrected chi connectivity index (χ0v) is 15.7. The Morgan fingerprint density at radius 1 is 1.23 bits per heavy atom. The van der Waals surface area contributed by atoms with Gasteiger partial charge in [-0.05, 0) is 36.4 Å². The Labute approximate surface area is 156 Å². The van der Waals surface area contributed by atoms with Gasteiger partial charge in [0.05, 0.1) is 6.21 Å². The first-order valence-electron chi connectivity index (χ1n) is 5.51. The van der Waals surface area contributed by atoms with Gasteiger partial charge in [0.1, 0.15) is 5.76 Å². The summed E-state index contributed by atoms with van der Waals surface area (Å²) < 4.78 is 37.6. The van der Waals surface area contributed by atoms with Gasteiger partial charge in [-0.2, -0.15) is 5.10 Å². The summed E-state index contributed by atoms with van der Waals surface area (Å²) in [5, 5.41) is 2.90. The van der Waals surface area contributed by atoms with Gasteiger partial charge < -0.3 is 8.97 Å². The number of hydrogen-bond donors (Lipinski definition) is 1. The van der Waals surface area contributed by atoms with Crippen LogP contribution < -0.4 is 35.0 Å². The molecule has 0 bridgehead atoms. The van der Waals surface area contributed by atoms with Gasteiger partial charge in [0.15, 0.2) is 10.1 Å². The first-order chi connectivity index (χ1) is 9.86. The number of hydrazone groups is 1. The maximum absolute atomic E-state index is 11.7. The van der Waals surface area contributed by atoms with Crippen LogP contribution in [0.1, 0.15) is 16.1 Å². The molecule has 7 nitrogen and oxygen atoms in total. The molecule has 0 aliphatic rings. The summed E-state index contributed by atoms with van der Waals surface area (Å²) in [4.78, 5) is 11.7. The maximum Gasteiger partial charge on any atom is 1.00 e. The first-order valence-corrected chi connectivity index (χ1v) is 7.71. The molecule has 0 aliphatic carbocycles. The molecule has 1 amide bonds. The largest absolute Gasteiger partial charge is 1.00 e. The second kappa shape index (κ2) is 8.04. The van der Waals surface area contributed by atoms with Crippen LogP contribution in [0, 0.1) is 0 Å². The van der Waals surface area contributed by atoms with E-state index in [0.717, 1.165) is 16.8 Å². The molecule has 0 atom stereocenters. The van der Waals surface area contributed by atoms with E-state index in [1.165, 1.54) is 6.07 Å². The van der Waals surface area contributed by atoms with Crippen LogP contribution in [0.2, 0.25) is 0 Å². The molecular formula is C12H8BrN2NaO5S. The average molecular weight is 395 g/mol. The third kappa shape index (κ3) is 5.34. The normalized spacial score (nSPS) is 11.2. The predicted molar refractivity (Wildman–Crippen MR) is 75.9 cm³/mol. The molecule has 0 aliphatic heterocycles. The number of carbonyl (C=O) groups is 1. The number of hydrogen-bond acceptors (Lipinski definition) is 6. The predicted octanol–water partition coefficient (Wildman–Crippen LogP) is -1.29. The van der Waals surface area contributed by atoms with E-state index >= 15 is 0 Å². The van der Waals surface area contributed by atoms with E-state index < -0.39 is 21.1 Å². The van der Waals surface area contributed by atoms with Crippen molar-refractivity contribution in [3.8, 4) is 0 Å². The zero-order valence-electron chi connectivity index (χ0n) is 11.3. The van der Waals surface area contributed by atoms with E-state index in [1.54, 1.807) is 24.3 Å².